The molecule has 1 unspecified atom stereocenters. The number of carbonyl (C=O) groups is 1. The van der Waals surface area contributed by atoms with Gasteiger partial charge < -0.3 is 4.90 Å². The van der Waals surface area contributed by atoms with Crippen molar-refractivity contribution in [3.8, 4) is 6.07 Å². The number of nitriles is 1. The summed E-state index contributed by atoms with van der Waals surface area (Å²) in [6, 6.07) is 1.80. The fourth-order valence-electron chi connectivity index (χ4n) is 2.96. The Balaban J connectivity index is 1.94. The molecule has 0 bridgehead atoms. The van der Waals surface area contributed by atoms with Crippen LogP contribution in [0.4, 0.5) is 13.2 Å². The molecule has 1 aliphatic rings. The third-order valence-corrected chi connectivity index (χ3v) is 4.12. The van der Waals surface area contributed by atoms with Gasteiger partial charge in [0.1, 0.15) is 6.07 Å². The first kappa shape index (κ1) is 17.7. The number of likely N-dealkylation sites (tertiary alicyclic amines) is 1. The molecule has 2 aromatic heterocycles. The fourth-order valence-corrected chi connectivity index (χ4v) is 2.96. The average molecular weight is 366 g/mol. The van der Waals surface area contributed by atoms with E-state index >= 15 is 0 Å². The molecule has 1 aliphatic heterocycles. The summed E-state index contributed by atoms with van der Waals surface area (Å²) in [6.45, 7) is 0.349. The van der Waals surface area contributed by atoms with Crippen molar-refractivity contribution < 1.29 is 18.0 Å². The van der Waals surface area contributed by atoms with Crippen LogP contribution in [-0.4, -0.2) is 37.5 Å². The van der Waals surface area contributed by atoms with Crippen LogP contribution in [-0.2, 0) is 6.18 Å². The van der Waals surface area contributed by atoms with Crippen LogP contribution in [0.1, 0.15) is 52.7 Å². The van der Waals surface area contributed by atoms with E-state index in [0.717, 1.165) is 18.7 Å². The molecule has 0 aliphatic carbocycles. The minimum atomic E-state index is -4.78. The average Bonchev–Trinajstić information content (AvgIpc) is 3.06. The van der Waals surface area contributed by atoms with Crippen LogP contribution >= 0.6 is 0 Å². The summed E-state index contributed by atoms with van der Waals surface area (Å²) in [5.74, 6) is -0.292. The highest BCUT2D eigenvalue weighted by atomic mass is 19.4. The van der Waals surface area contributed by atoms with E-state index in [-0.39, 0.29) is 11.4 Å². The summed E-state index contributed by atoms with van der Waals surface area (Å²) >= 11 is 0. The van der Waals surface area contributed by atoms with Crippen molar-refractivity contribution in [2.24, 2.45) is 0 Å². The Labute approximate surface area is 144 Å². The van der Waals surface area contributed by atoms with Gasteiger partial charge in [0.15, 0.2) is 11.5 Å². The fraction of sp³-hybridized carbons (Fsp3) is 0.400. The Hall–Kier alpha value is -3.16. The second kappa shape index (κ2) is 6.62. The summed E-state index contributed by atoms with van der Waals surface area (Å²) in [7, 11) is 0. The number of aromatic nitrogens is 4. The molecular formula is C15H13F3N6O2. The summed E-state index contributed by atoms with van der Waals surface area (Å²) in [6.07, 6.45) is -1.92. The number of nitrogens with zero attached hydrogens (tertiary/aromatic N) is 4. The lowest BCUT2D eigenvalue weighted by atomic mass is 10.00. The van der Waals surface area contributed by atoms with Crippen LogP contribution in [0.5, 0.6) is 0 Å². The standard InChI is InChI=1S/C15H13F3N6O2/c16-15(17,18)11-8(6-19)5-9(7-20-11)13(25)24-4-2-1-3-10(24)12-21-14(26)23-22-12/h5,7,10H,1-4H2,(H2,21,22,23,26). The zero-order valence-electron chi connectivity index (χ0n) is 13.3. The van der Waals surface area contributed by atoms with Crippen molar-refractivity contribution in [2.45, 2.75) is 31.5 Å². The Morgan fingerprint density at radius 3 is 2.77 bits per heavy atom. The van der Waals surface area contributed by atoms with Gasteiger partial charge in [0.05, 0.1) is 17.2 Å². The van der Waals surface area contributed by atoms with Crippen molar-refractivity contribution >= 4 is 5.91 Å². The normalized spacial score (nSPS) is 17.8. The smallest absolute Gasteiger partial charge is 0.328 e. The number of piperidine rings is 1. The van der Waals surface area contributed by atoms with Crippen LogP contribution < -0.4 is 5.69 Å². The molecule has 8 nitrogen and oxygen atoms in total. The van der Waals surface area contributed by atoms with E-state index in [1.807, 2.05) is 0 Å². The molecule has 3 heterocycles. The Morgan fingerprint density at radius 2 is 2.15 bits per heavy atom. The Morgan fingerprint density at radius 1 is 1.38 bits per heavy atom. The second-order valence-electron chi connectivity index (χ2n) is 5.80. The largest absolute Gasteiger partial charge is 0.434 e. The van der Waals surface area contributed by atoms with Crippen LogP contribution in [0.2, 0.25) is 0 Å². The van der Waals surface area contributed by atoms with Gasteiger partial charge in [-0.25, -0.2) is 14.9 Å². The molecule has 1 amide bonds. The van der Waals surface area contributed by atoms with E-state index in [0.29, 0.717) is 19.4 Å². The van der Waals surface area contributed by atoms with E-state index < -0.39 is 35.1 Å². The van der Waals surface area contributed by atoms with Gasteiger partial charge >= 0.3 is 11.9 Å². The molecule has 136 valence electrons. The monoisotopic (exact) mass is 366 g/mol. The molecule has 3 rings (SSSR count). The molecule has 1 fully saturated rings. The molecule has 1 saturated heterocycles. The molecule has 2 N–H and O–H groups in total. The highest BCUT2D eigenvalue weighted by Crippen LogP contribution is 2.32. The number of nitrogens with one attached hydrogen (secondary N) is 2. The number of carbonyl (C=O) groups excluding carboxylic acids is 1. The SMILES string of the molecule is N#Cc1cc(C(=O)N2CCCCC2c2n[nH]c(=O)[nH]2)cnc1C(F)(F)F. The lowest BCUT2D eigenvalue weighted by molar-refractivity contribution is -0.141. The molecular weight excluding hydrogens is 353 g/mol. The van der Waals surface area contributed by atoms with Gasteiger partial charge in [0.2, 0.25) is 0 Å². The van der Waals surface area contributed by atoms with Crippen molar-refractivity contribution in [1.82, 2.24) is 25.1 Å². The molecule has 26 heavy (non-hydrogen) atoms. The van der Waals surface area contributed by atoms with Gasteiger partial charge in [-0.1, -0.05) is 0 Å². The van der Waals surface area contributed by atoms with E-state index in [9.17, 15) is 22.8 Å². The van der Waals surface area contributed by atoms with Crippen molar-refractivity contribution in [1.29, 1.82) is 5.26 Å². The second-order valence-corrected chi connectivity index (χ2v) is 5.80. The van der Waals surface area contributed by atoms with Crippen LogP contribution in [0, 0.1) is 11.3 Å². The first-order valence-electron chi connectivity index (χ1n) is 7.74. The van der Waals surface area contributed by atoms with Crippen LogP contribution in [0.15, 0.2) is 17.1 Å². The van der Waals surface area contributed by atoms with E-state index in [1.165, 1.54) is 11.0 Å². The number of rotatable bonds is 2. The van der Waals surface area contributed by atoms with Crippen molar-refractivity contribution in [2.75, 3.05) is 6.54 Å². The van der Waals surface area contributed by atoms with Crippen LogP contribution in [0.3, 0.4) is 0 Å². The number of amides is 1. The lowest BCUT2D eigenvalue weighted by Crippen LogP contribution is -2.39. The number of alkyl halides is 3. The minimum absolute atomic E-state index is 0.126. The lowest BCUT2D eigenvalue weighted by Gasteiger charge is -2.34. The predicted molar refractivity (Wildman–Crippen MR) is 80.8 cm³/mol. The van der Waals surface area contributed by atoms with Gasteiger partial charge in [-0.2, -0.15) is 23.5 Å². The summed E-state index contributed by atoms with van der Waals surface area (Å²) in [5.41, 5.74) is -2.69. The maximum Gasteiger partial charge on any atom is 0.434 e. The highest BCUT2D eigenvalue weighted by Gasteiger charge is 2.37. The minimum Gasteiger partial charge on any atom is -0.328 e. The molecule has 0 aromatic carbocycles. The molecule has 0 spiro atoms. The van der Waals surface area contributed by atoms with Gasteiger partial charge in [-0.3, -0.25) is 9.78 Å². The van der Waals surface area contributed by atoms with Crippen LogP contribution in [0.25, 0.3) is 0 Å². The third kappa shape index (κ3) is 3.30. The number of hydrogen-bond acceptors (Lipinski definition) is 5. The molecule has 11 heteroatoms. The summed E-state index contributed by atoms with van der Waals surface area (Å²) in [5, 5.41) is 15.0. The topological polar surface area (TPSA) is 119 Å². The summed E-state index contributed by atoms with van der Waals surface area (Å²) in [4.78, 5) is 31.2. The number of hydrogen-bond donors (Lipinski definition) is 2. The maximum absolute atomic E-state index is 12.9. The van der Waals surface area contributed by atoms with E-state index in [2.05, 4.69) is 20.2 Å². The third-order valence-electron chi connectivity index (χ3n) is 4.12. The van der Waals surface area contributed by atoms with Gasteiger partial charge in [-0.05, 0) is 25.3 Å². The zero-order valence-corrected chi connectivity index (χ0v) is 13.3. The Bertz CT molecular complexity index is 926. The van der Waals surface area contributed by atoms with Gasteiger partial charge in [0, 0.05) is 12.7 Å². The highest BCUT2D eigenvalue weighted by molar-refractivity contribution is 5.94. The maximum atomic E-state index is 12.9. The zero-order chi connectivity index (χ0) is 18.9. The first-order valence-corrected chi connectivity index (χ1v) is 7.74. The number of H-pyrrole nitrogens is 2. The number of halogens is 3. The molecule has 0 radical (unpaired) electrons. The number of pyridine rings is 1. The van der Waals surface area contributed by atoms with Gasteiger partial charge in [-0.15, -0.1) is 0 Å². The summed E-state index contributed by atoms with van der Waals surface area (Å²) < 4.78 is 38.6. The van der Waals surface area contributed by atoms with Gasteiger partial charge in [0.25, 0.3) is 5.91 Å². The predicted octanol–water partition coefficient (Wildman–Crippen LogP) is 1.75. The van der Waals surface area contributed by atoms with Crippen molar-refractivity contribution in [3.63, 3.8) is 0 Å². The van der Waals surface area contributed by atoms with E-state index in [4.69, 9.17) is 5.26 Å². The quantitative estimate of drug-likeness (QED) is 0.839. The molecule has 1 atom stereocenters. The van der Waals surface area contributed by atoms with Crippen molar-refractivity contribution in [3.05, 3.63) is 45.4 Å². The first-order chi connectivity index (χ1) is 12.3. The molecule has 0 saturated carbocycles. The number of aromatic amines is 2. The molecule has 2 aromatic rings. The van der Waals surface area contributed by atoms with E-state index in [1.54, 1.807) is 0 Å². The Kier molecular flexibility index (Phi) is 4.50.